The fourth-order valence-corrected chi connectivity index (χ4v) is 4.39. The minimum Gasteiger partial charge on any atom is -0.472 e. The lowest BCUT2D eigenvalue weighted by Crippen LogP contribution is -2.24. The number of furan rings is 1. The molecule has 2 aliphatic rings. The molecule has 2 N–H and O–H groups in total. The predicted molar refractivity (Wildman–Crippen MR) is 136 cm³/mol. The zero-order chi connectivity index (χ0) is 23.7. The molecule has 0 amide bonds. The molecule has 7 heteroatoms. The predicted octanol–water partition coefficient (Wildman–Crippen LogP) is 4.77. The number of pyridine rings is 1. The highest BCUT2D eigenvalue weighted by Gasteiger charge is 2.30. The van der Waals surface area contributed by atoms with Crippen molar-refractivity contribution in [1.29, 1.82) is 0 Å². The van der Waals surface area contributed by atoms with Gasteiger partial charge in [-0.3, -0.25) is 4.98 Å². The first kappa shape index (κ1) is 21.9. The molecule has 5 rings (SSSR count). The molecule has 3 aromatic heterocycles. The third-order valence-electron chi connectivity index (χ3n) is 6.06. The average molecular weight is 453 g/mol. The lowest BCUT2D eigenvalue weighted by Gasteiger charge is -2.19. The number of hydrazone groups is 1. The van der Waals surface area contributed by atoms with Gasteiger partial charge in [0.15, 0.2) is 5.82 Å². The Morgan fingerprint density at radius 1 is 1.32 bits per heavy atom. The summed E-state index contributed by atoms with van der Waals surface area (Å²) >= 11 is 0. The first-order valence-corrected chi connectivity index (χ1v) is 11.3. The van der Waals surface area contributed by atoms with Crippen LogP contribution in [0.1, 0.15) is 19.2 Å². The monoisotopic (exact) mass is 452 g/mol. The van der Waals surface area contributed by atoms with Crippen LogP contribution in [0.25, 0.3) is 22.2 Å². The van der Waals surface area contributed by atoms with Crippen molar-refractivity contribution >= 4 is 16.7 Å². The highest BCUT2D eigenvalue weighted by atomic mass is 16.3. The van der Waals surface area contributed by atoms with Gasteiger partial charge in [0.05, 0.1) is 30.3 Å². The molecule has 3 aromatic rings. The van der Waals surface area contributed by atoms with Gasteiger partial charge in [0, 0.05) is 29.4 Å². The number of likely N-dealkylation sites (N-methyl/N-ethyl adjacent to an activating group) is 1. The van der Waals surface area contributed by atoms with Crippen molar-refractivity contribution in [2.24, 2.45) is 5.10 Å². The molecule has 0 saturated carbocycles. The van der Waals surface area contributed by atoms with E-state index in [0.717, 1.165) is 52.2 Å². The summed E-state index contributed by atoms with van der Waals surface area (Å²) in [6.07, 6.45) is 18.6. The van der Waals surface area contributed by atoms with Gasteiger partial charge in [-0.15, -0.1) is 0 Å². The number of rotatable bonds is 7. The maximum absolute atomic E-state index is 5.26. The van der Waals surface area contributed by atoms with Gasteiger partial charge in [0.2, 0.25) is 0 Å². The Morgan fingerprint density at radius 2 is 2.21 bits per heavy atom. The summed E-state index contributed by atoms with van der Waals surface area (Å²) in [5, 5.41) is 4.65. The van der Waals surface area contributed by atoms with Crippen LogP contribution >= 0.6 is 0 Å². The summed E-state index contributed by atoms with van der Waals surface area (Å²) < 4.78 is 5.26. The molecule has 0 aromatic carbocycles. The van der Waals surface area contributed by atoms with Crippen molar-refractivity contribution in [3.05, 3.63) is 96.1 Å². The number of aromatic nitrogens is 3. The van der Waals surface area contributed by atoms with Gasteiger partial charge in [0.1, 0.15) is 11.2 Å². The number of H-pyrrole nitrogens is 1. The number of allylic oxidation sites excluding steroid dienone is 5. The Balaban J connectivity index is 1.49. The van der Waals surface area contributed by atoms with Crippen molar-refractivity contribution in [3.8, 4) is 11.1 Å². The van der Waals surface area contributed by atoms with Gasteiger partial charge in [-0.1, -0.05) is 30.9 Å². The molecule has 0 bridgehead atoms. The Kier molecular flexibility index (Phi) is 5.86. The smallest absolute Gasteiger partial charge is 0.159 e. The maximum atomic E-state index is 5.26. The quantitative estimate of drug-likeness (QED) is 0.505. The summed E-state index contributed by atoms with van der Waals surface area (Å²) in [4.78, 5) is 14.8. The van der Waals surface area contributed by atoms with E-state index >= 15 is 0 Å². The van der Waals surface area contributed by atoms with E-state index in [9.17, 15) is 0 Å². The van der Waals surface area contributed by atoms with E-state index in [1.54, 1.807) is 18.7 Å². The number of nitrogens with zero attached hydrogens (tertiary/aromatic N) is 4. The molecule has 0 saturated heterocycles. The van der Waals surface area contributed by atoms with Gasteiger partial charge < -0.3 is 19.7 Å². The van der Waals surface area contributed by atoms with Crippen LogP contribution in [0.4, 0.5) is 0 Å². The second-order valence-electron chi connectivity index (χ2n) is 8.72. The second-order valence-corrected chi connectivity index (χ2v) is 8.72. The number of fused-ring (bicyclic) bond motifs is 2. The van der Waals surface area contributed by atoms with Crippen LogP contribution in [0.5, 0.6) is 0 Å². The maximum Gasteiger partial charge on any atom is 0.159 e. The zero-order valence-electron chi connectivity index (χ0n) is 19.7. The van der Waals surface area contributed by atoms with Crippen molar-refractivity contribution < 1.29 is 4.42 Å². The van der Waals surface area contributed by atoms with E-state index in [2.05, 4.69) is 77.3 Å². The van der Waals surface area contributed by atoms with E-state index < -0.39 is 0 Å². The average Bonchev–Trinajstić information content (AvgIpc) is 3.59. The fourth-order valence-electron chi connectivity index (χ4n) is 4.39. The molecule has 172 valence electrons. The summed E-state index contributed by atoms with van der Waals surface area (Å²) in [7, 11) is 4.12. The molecule has 4 heterocycles. The van der Waals surface area contributed by atoms with Crippen LogP contribution in [-0.4, -0.2) is 52.2 Å². The number of hydrogen-bond acceptors (Lipinski definition) is 6. The van der Waals surface area contributed by atoms with Gasteiger partial charge in [-0.05, 0) is 56.3 Å². The molecule has 0 radical (unpaired) electrons. The molecular weight excluding hydrogens is 424 g/mol. The standard InChI is InChI=1S/C27H28N6O/c1-5-17(15-33(3)4)11-18(6-2)19-7-8-23-21(12-19)26(32-31-23)27-29-24-14-28-13-22(25(24)30-27)20-9-10-34-16-20/h5-7,9-14,16,23,31H,1,8,15H2,2-4H3,(H,29,30)/b17-11+,18-6+. The molecular formula is C27H28N6O. The van der Waals surface area contributed by atoms with E-state index in [1.807, 2.05) is 18.3 Å². The number of hydrogen-bond donors (Lipinski definition) is 2. The van der Waals surface area contributed by atoms with Gasteiger partial charge in [0.25, 0.3) is 0 Å². The summed E-state index contributed by atoms with van der Waals surface area (Å²) in [6, 6.07) is 2.05. The summed E-state index contributed by atoms with van der Waals surface area (Å²) in [5.74, 6) is 0.729. The van der Waals surface area contributed by atoms with Gasteiger partial charge >= 0.3 is 0 Å². The molecule has 1 aliphatic heterocycles. The van der Waals surface area contributed by atoms with Crippen molar-refractivity contribution in [1.82, 2.24) is 25.3 Å². The minimum absolute atomic E-state index is 0.140. The highest BCUT2D eigenvalue weighted by molar-refractivity contribution is 6.14. The number of nitrogens with one attached hydrogen (secondary N) is 2. The third-order valence-corrected chi connectivity index (χ3v) is 6.06. The third kappa shape index (κ3) is 4.06. The van der Waals surface area contributed by atoms with E-state index in [0.29, 0.717) is 0 Å². The Hall–Kier alpha value is -3.97. The van der Waals surface area contributed by atoms with E-state index in [4.69, 9.17) is 9.40 Å². The van der Waals surface area contributed by atoms with Crippen LogP contribution in [0.3, 0.4) is 0 Å². The van der Waals surface area contributed by atoms with Crippen LogP contribution in [-0.2, 0) is 0 Å². The Labute approximate surface area is 199 Å². The molecule has 7 nitrogen and oxygen atoms in total. The Bertz CT molecular complexity index is 1380. The largest absolute Gasteiger partial charge is 0.472 e. The van der Waals surface area contributed by atoms with Crippen LogP contribution < -0.4 is 5.43 Å². The van der Waals surface area contributed by atoms with Crippen LogP contribution in [0, 0.1) is 0 Å². The first-order chi connectivity index (χ1) is 16.6. The fraction of sp³-hybridized carbons (Fsp3) is 0.222. The molecule has 1 aliphatic carbocycles. The second kappa shape index (κ2) is 9.11. The topological polar surface area (TPSA) is 82.3 Å². The SMILES string of the molecule is C=C/C(=C\C(=C/C)C1=CCC2NN=C(c3nc4c(-c5ccoc5)cncc4[nH]3)C2=C1)CN(C)C. The zero-order valence-corrected chi connectivity index (χ0v) is 19.7. The molecule has 0 spiro atoms. The molecule has 0 fully saturated rings. The first-order valence-electron chi connectivity index (χ1n) is 11.3. The van der Waals surface area contributed by atoms with Crippen LogP contribution in [0.2, 0.25) is 0 Å². The Morgan fingerprint density at radius 3 is 2.94 bits per heavy atom. The van der Waals surface area contributed by atoms with E-state index in [1.165, 1.54) is 16.7 Å². The number of imidazole rings is 1. The lowest BCUT2D eigenvalue weighted by atomic mass is 9.88. The van der Waals surface area contributed by atoms with Crippen molar-refractivity contribution in [3.63, 3.8) is 0 Å². The normalized spacial score (nSPS) is 18.5. The molecule has 1 unspecified atom stereocenters. The molecule has 34 heavy (non-hydrogen) atoms. The van der Waals surface area contributed by atoms with Gasteiger partial charge in [-0.2, -0.15) is 5.10 Å². The number of aromatic amines is 1. The van der Waals surface area contributed by atoms with Gasteiger partial charge in [-0.25, -0.2) is 4.98 Å². The summed E-state index contributed by atoms with van der Waals surface area (Å²) in [6.45, 7) is 6.90. The van der Waals surface area contributed by atoms with Crippen molar-refractivity contribution in [2.75, 3.05) is 20.6 Å². The minimum atomic E-state index is 0.140. The molecule has 1 atom stereocenters. The van der Waals surface area contributed by atoms with Crippen LogP contribution in [0.15, 0.2) is 99.8 Å². The van der Waals surface area contributed by atoms with Crippen molar-refractivity contribution in [2.45, 2.75) is 19.4 Å². The summed E-state index contributed by atoms with van der Waals surface area (Å²) in [5.41, 5.74) is 12.4. The lowest BCUT2D eigenvalue weighted by molar-refractivity contribution is 0.449. The highest BCUT2D eigenvalue weighted by Crippen LogP contribution is 2.32. The van der Waals surface area contributed by atoms with E-state index in [-0.39, 0.29) is 6.04 Å².